The molecule has 0 spiro atoms. The Morgan fingerprint density at radius 3 is 2.77 bits per heavy atom. The van der Waals surface area contributed by atoms with Crippen molar-refractivity contribution < 1.29 is 9.47 Å². The first-order chi connectivity index (χ1) is 10.6. The molecule has 1 aromatic carbocycles. The third kappa shape index (κ3) is 2.76. The molecule has 0 bridgehead atoms. The van der Waals surface area contributed by atoms with Gasteiger partial charge in [0.25, 0.3) is 0 Å². The number of nitrogens with one attached hydrogen (secondary N) is 2. The number of hydrogen-bond donors (Lipinski definition) is 2. The highest BCUT2D eigenvalue weighted by Crippen LogP contribution is 2.36. The molecule has 6 nitrogen and oxygen atoms in total. The summed E-state index contributed by atoms with van der Waals surface area (Å²) in [6.45, 7) is 2.80. The van der Waals surface area contributed by atoms with Crippen molar-refractivity contribution in [2.24, 2.45) is 0 Å². The maximum Gasteiger partial charge on any atom is 0.229 e. The van der Waals surface area contributed by atoms with Gasteiger partial charge in [0.2, 0.25) is 5.95 Å². The zero-order chi connectivity index (χ0) is 15.7. The average molecular weight is 317 g/mol. The van der Waals surface area contributed by atoms with Crippen molar-refractivity contribution in [1.29, 1.82) is 0 Å². The van der Waals surface area contributed by atoms with Crippen molar-refractivity contribution >= 4 is 42.4 Å². The molecule has 2 aromatic rings. The maximum atomic E-state index is 6.30. The van der Waals surface area contributed by atoms with E-state index in [1.807, 2.05) is 13.0 Å². The van der Waals surface area contributed by atoms with Crippen LogP contribution in [-0.2, 0) is 0 Å². The molecule has 2 N–H and O–H groups in total. The zero-order valence-electron chi connectivity index (χ0n) is 12.2. The van der Waals surface area contributed by atoms with Crippen LogP contribution in [0.25, 0.3) is 0 Å². The fourth-order valence-corrected chi connectivity index (χ4v) is 2.34. The van der Waals surface area contributed by atoms with E-state index >= 15 is 0 Å². The van der Waals surface area contributed by atoms with Crippen molar-refractivity contribution in [1.82, 2.24) is 9.97 Å². The molecule has 0 unspecified atom stereocenters. The minimum atomic E-state index is 0.336. The van der Waals surface area contributed by atoms with Crippen molar-refractivity contribution in [3.05, 3.63) is 22.8 Å². The Morgan fingerprint density at radius 1 is 1.23 bits per heavy atom. The van der Waals surface area contributed by atoms with E-state index in [4.69, 9.17) is 28.9 Å². The number of nitrogens with zero attached hydrogens (tertiary/aromatic N) is 2. The molecule has 0 saturated heterocycles. The van der Waals surface area contributed by atoms with E-state index < -0.39 is 0 Å². The third-order valence-corrected chi connectivity index (χ3v) is 3.57. The molecule has 0 fully saturated rings. The fourth-order valence-electron chi connectivity index (χ4n) is 2.15. The Hall–Kier alpha value is -2.15. The molecule has 2 radical (unpaired) electrons. The number of aryl methyl sites for hydroxylation is 1. The van der Waals surface area contributed by atoms with Gasteiger partial charge in [-0.3, -0.25) is 0 Å². The maximum absolute atomic E-state index is 6.30. The quantitative estimate of drug-likeness (QED) is 0.842. The smallest absolute Gasteiger partial charge is 0.229 e. The van der Waals surface area contributed by atoms with Crippen LogP contribution in [0.3, 0.4) is 0 Å². The molecule has 3 rings (SSSR count). The van der Waals surface area contributed by atoms with Crippen molar-refractivity contribution in [3.63, 3.8) is 0 Å². The second-order valence-electron chi connectivity index (χ2n) is 4.77. The van der Waals surface area contributed by atoms with Gasteiger partial charge < -0.3 is 20.1 Å². The van der Waals surface area contributed by atoms with Crippen LogP contribution in [0, 0.1) is 6.92 Å². The Morgan fingerprint density at radius 2 is 2.00 bits per heavy atom. The molecule has 0 amide bonds. The van der Waals surface area contributed by atoms with Crippen LogP contribution in [-0.4, -0.2) is 38.1 Å². The summed E-state index contributed by atoms with van der Waals surface area (Å²) < 4.78 is 11.0. The Balaban J connectivity index is 1.99. The Bertz CT molecular complexity index is 726. The lowest BCUT2D eigenvalue weighted by Gasteiger charge is -2.23. The molecular weight excluding hydrogens is 302 g/mol. The Labute approximate surface area is 134 Å². The summed E-state index contributed by atoms with van der Waals surface area (Å²) in [5, 5.41) is 6.39. The molecule has 2 heterocycles. The lowest BCUT2D eigenvalue weighted by Crippen LogP contribution is -2.22. The first-order valence-electron chi connectivity index (χ1n) is 6.76. The number of halogens is 1. The van der Waals surface area contributed by atoms with Crippen LogP contribution < -0.4 is 25.6 Å². The van der Waals surface area contributed by atoms with E-state index in [0.29, 0.717) is 52.7 Å². The molecule has 1 aromatic heterocycles. The first-order valence-corrected chi connectivity index (χ1v) is 7.14. The molecule has 1 aliphatic rings. The van der Waals surface area contributed by atoms with Crippen molar-refractivity contribution in [3.8, 4) is 11.5 Å². The molecule has 1 aliphatic heterocycles. The average Bonchev–Trinajstić information content (AvgIpc) is 2.52. The van der Waals surface area contributed by atoms with Gasteiger partial charge >= 0.3 is 0 Å². The molecule has 0 aliphatic carbocycles. The lowest BCUT2D eigenvalue weighted by molar-refractivity contribution is 0.173. The van der Waals surface area contributed by atoms with E-state index in [-0.39, 0.29) is 0 Å². The van der Waals surface area contributed by atoms with Gasteiger partial charge in [0.05, 0.1) is 10.7 Å². The van der Waals surface area contributed by atoms with Crippen LogP contribution in [0.5, 0.6) is 11.5 Å². The zero-order valence-corrected chi connectivity index (χ0v) is 13.0. The van der Waals surface area contributed by atoms with Crippen LogP contribution in [0.15, 0.2) is 12.1 Å². The lowest BCUT2D eigenvalue weighted by atomic mass is 9.93. The molecular formula is C14H14BClN4O2. The second-order valence-corrected chi connectivity index (χ2v) is 5.15. The summed E-state index contributed by atoms with van der Waals surface area (Å²) in [7, 11) is 7.81. The molecule has 22 heavy (non-hydrogen) atoms. The van der Waals surface area contributed by atoms with E-state index in [9.17, 15) is 0 Å². The molecule has 8 heteroatoms. The number of aromatic nitrogens is 2. The molecule has 112 valence electrons. The van der Waals surface area contributed by atoms with Gasteiger partial charge in [0.15, 0.2) is 11.5 Å². The van der Waals surface area contributed by atoms with Crippen LogP contribution in [0.1, 0.15) is 5.69 Å². The monoisotopic (exact) mass is 316 g/mol. The van der Waals surface area contributed by atoms with Gasteiger partial charge in [-0.05, 0) is 12.4 Å². The minimum absolute atomic E-state index is 0.336. The summed E-state index contributed by atoms with van der Waals surface area (Å²) in [5.41, 5.74) is 1.72. The first kappa shape index (κ1) is 14.8. The highest BCUT2D eigenvalue weighted by molar-refractivity contribution is 6.48. The standard InChI is InChI=1S/C14H14BClN4O2/c1-7-5-10(17-2)20-14(18-7)19-8-6-9-13(11(15)12(8)16)22-4-3-21-9/h5-6H,3-4H2,1-2H3,(H2,17,18,19,20). The minimum Gasteiger partial charge on any atom is -0.487 e. The third-order valence-electron chi connectivity index (χ3n) is 3.16. The van der Waals surface area contributed by atoms with Gasteiger partial charge in [-0.2, -0.15) is 4.98 Å². The van der Waals surface area contributed by atoms with Crippen molar-refractivity contribution in [2.45, 2.75) is 6.92 Å². The summed E-state index contributed by atoms with van der Waals surface area (Å²) in [6, 6.07) is 3.57. The normalized spacial score (nSPS) is 12.9. The topological polar surface area (TPSA) is 68.3 Å². The van der Waals surface area contributed by atoms with E-state index in [1.54, 1.807) is 13.1 Å². The number of hydrogen-bond acceptors (Lipinski definition) is 6. The SMILES string of the molecule is [B]c1c(Cl)c(Nc2nc(C)cc(NC)n2)cc2c1OCCO2. The fraction of sp³-hybridized carbons (Fsp3) is 0.286. The number of anilines is 3. The highest BCUT2D eigenvalue weighted by Gasteiger charge is 2.19. The van der Waals surface area contributed by atoms with Gasteiger partial charge in [-0.1, -0.05) is 11.6 Å². The molecule has 0 saturated carbocycles. The summed E-state index contributed by atoms with van der Waals surface area (Å²) in [4.78, 5) is 8.65. The number of benzene rings is 1. The summed E-state index contributed by atoms with van der Waals surface area (Å²) in [6.07, 6.45) is 0. The van der Waals surface area contributed by atoms with Gasteiger partial charge in [0, 0.05) is 24.9 Å². The molecule has 0 atom stereocenters. The predicted octanol–water partition coefficient (Wildman–Crippen LogP) is 1.79. The summed E-state index contributed by atoms with van der Waals surface area (Å²) in [5.74, 6) is 2.15. The highest BCUT2D eigenvalue weighted by atomic mass is 35.5. The summed E-state index contributed by atoms with van der Waals surface area (Å²) >= 11 is 6.30. The van der Waals surface area contributed by atoms with E-state index in [2.05, 4.69) is 20.6 Å². The van der Waals surface area contributed by atoms with Gasteiger partial charge in [-0.15, -0.1) is 0 Å². The van der Waals surface area contributed by atoms with Crippen LogP contribution >= 0.6 is 11.6 Å². The number of fused-ring (bicyclic) bond motifs is 1. The van der Waals surface area contributed by atoms with Crippen LogP contribution in [0.4, 0.5) is 17.5 Å². The van der Waals surface area contributed by atoms with Crippen LogP contribution in [0.2, 0.25) is 5.02 Å². The number of ether oxygens (including phenoxy) is 2. The predicted molar refractivity (Wildman–Crippen MR) is 87.4 cm³/mol. The van der Waals surface area contributed by atoms with Gasteiger partial charge in [0.1, 0.15) is 26.9 Å². The largest absolute Gasteiger partial charge is 0.487 e. The second kappa shape index (κ2) is 5.92. The van der Waals surface area contributed by atoms with Crippen molar-refractivity contribution in [2.75, 3.05) is 30.9 Å². The Kier molecular flexibility index (Phi) is 3.98. The van der Waals surface area contributed by atoms with E-state index in [1.165, 1.54) is 0 Å². The van der Waals surface area contributed by atoms with E-state index in [0.717, 1.165) is 5.69 Å². The number of rotatable bonds is 3. The van der Waals surface area contributed by atoms with Gasteiger partial charge in [-0.25, -0.2) is 4.98 Å².